The third kappa shape index (κ3) is 3.69. The van der Waals surface area contributed by atoms with Crippen LogP contribution in [0.5, 0.6) is 5.75 Å². The molecule has 0 unspecified atom stereocenters. The number of hydrogen-bond acceptors (Lipinski definition) is 5. The van der Waals surface area contributed by atoms with Gasteiger partial charge < -0.3 is 19.6 Å². The molecule has 0 spiro atoms. The summed E-state index contributed by atoms with van der Waals surface area (Å²) in [5.74, 6) is 0.500. The fraction of sp³-hybridized carbons (Fsp3) is 0.562. The van der Waals surface area contributed by atoms with E-state index in [0.29, 0.717) is 38.6 Å². The monoisotopic (exact) mass is 305 g/mol. The number of hydrogen-bond donors (Lipinski definition) is 1. The molecule has 0 aromatic heterocycles. The van der Waals surface area contributed by atoms with Crippen molar-refractivity contribution in [3.05, 3.63) is 24.3 Å². The van der Waals surface area contributed by atoms with Crippen molar-refractivity contribution in [2.45, 2.75) is 0 Å². The third-order valence-electron chi connectivity index (χ3n) is 4.31. The number of amides is 1. The average molecular weight is 305 g/mol. The van der Waals surface area contributed by atoms with Gasteiger partial charge in [0.15, 0.2) is 0 Å². The van der Waals surface area contributed by atoms with Crippen molar-refractivity contribution in [3.8, 4) is 5.75 Å². The van der Waals surface area contributed by atoms with E-state index >= 15 is 0 Å². The lowest BCUT2D eigenvalue weighted by Crippen LogP contribution is -2.51. The summed E-state index contributed by atoms with van der Waals surface area (Å²) in [6.45, 7) is 6.82. The van der Waals surface area contributed by atoms with Gasteiger partial charge in [-0.05, 0) is 24.3 Å². The van der Waals surface area contributed by atoms with Crippen LogP contribution >= 0.6 is 0 Å². The number of benzene rings is 1. The molecule has 2 aliphatic heterocycles. The number of phenolic OH excluding ortho intramolecular Hbond substituents is 1. The molecule has 1 aromatic carbocycles. The highest BCUT2D eigenvalue weighted by atomic mass is 16.5. The summed E-state index contributed by atoms with van der Waals surface area (Å²) < 4.78 is 5.28. The minimum absolute atomic E-state index is 0.210. The summed E-state index contributed by atoms with van der Waals surface area (Å²) in [5, 5.41) is 9.34. The molecule has 120 valence electrons. The van der Waals surface area contributed by atoms with Crippen molar-refractivity contribution in [2.75, 3.05) is 63.9 Å². The van der Waals surface area contributed by atoms with Gasteiger partial charge in [0.2, 0.25) is 5.91 Å². The lowest BCUT2D eigenvalue weighted by atomic mass is 10.2. The number of piperazine rings is 1. The van der Waals surface area contributed by atoms with Crippen LogP contribution < -0.4 is 4.90 Å². The Morgan fingerprint density at radius 1 is 1.00 bits per heavy atom. The highest BCUT2D eigenvalue weighted by Crippen LogP contribution is 2.19. The van der Waals surface area contributed by atoms with E-state index in [1.54, 1.807) is 12.1 Å². The number of phenols is 1. The lowest BCUT2D eigenvalue weighted by Gasteiger charge is -2.37. The SMILES string of the molecule is O=C(CN1CCN(c2ccc(O)cc2)CC1)N1CCOCC1. The van der Waals surface area contributed by atoms with E-state index in [1.807, 2.05) is 17.0 Å². The third-order valence-corrected chi connectivity index (χ3v) is 4.31. The van der Waals surface area contributed by atoms with Crippen LogP contribution in [-0.2, 0) is 9.53 Å². The Morgan fingerprint density at radius 2 is 1.64 bits per heavy atom. The summed E-state index contributed by atoms with van der Waals surface area (Å²) in [5.41, 5.74) is 1.12. The maximum Gasteiger partial charge on any atom is 0.236 e. The highest BCUT2D eigenvalue weighted by Gasteiger charge is 2.23. The molecule has 0 radical (unpaired) electrons. The number of rotatable bonds is 3. The van der Waals surface area contributed by atoms with E-state index < -0.39 is 0 Å². The largest absolute Gasteiger partial charge is 0.508 e. The van der Waals surface area contributed by atoms with Gasteiger partial charge in [-0.1, -0.05) is 0 Å². The van der Waals surface area contributed by atoms with Crippen LogP contribution in [0.2, 0.25) is 0 Å². The number of aromatic hydroxyl groups is 1. The molecule has 2 heterocycles. The van der Waals surface area contributed by atoms with Crippen LogP contribution in [0.15, 0.2) is 24.3 Å². The Kier molecular flexibility index (Phi) is 4.80. The maximum absolute atomic E-state index is 12.2. The van der Waals surface area contributed by atoms with Crippen LogP contribution in [0.1, 0.15) is 0 Å². The van der Waals surface area contributed by atoms with Gasteiger partial charge in [-0.2, -0.15) is 0 Å². The Bertz CT molecular complexity index is 492. The van der Waals surface area contributed by atoms with Crippen LogP contribution in [0.3, 0.4) is 0 Å². The second kappa shape index (κ2) is 6.98. The summed E-state index contributed by atoms with van der Waals surface area (Å²) in [6, 6.07) is 7.29. The fourth-order valence-corrected chi connectivity index (χ4v) is 2.93. The maximum atomic E-state index is 12.2. The first-order valence-corrected chi connectivity index (χ1v) is 7.84. The number of carbonyl (C=O) groups excluding carboxylic acids is 1. The molecule has 0 atom stereocenters. The van der Waals surface area contributed by atoms with Crippen molar-refractivity contribution in [2.24, 2.45) is 0 Å². The Morgan fingerprint density at radius 3 is 2.27 bits per heavy atom. The van der Waals surface area contributed by atoms with Crippen molar-refractivity contribution >= 4 is 11.6 Å². The molecule has 2 fully saturated rings. The van der Waals surface area contributed by atoms with Crippen molar-refractivity contribution in [1.82, 2.24) is 9.80 Å². The lowest BCUT2D eigenvalue weighted by molar-refractivity contribution is -0.136. The molecular weight excluding hydrogens is 282 g/mol. The molecule has 1 aromatic rings. The number of carbonyl (C=O) groups is 1. The van der Waals surface area contributed by atoms with Gasteiger partial charge in [0.25, 0.3) is 0 Å². The van der Waals surface area contributed by atoms with Gasteiger partial charge in [0, 0.05) is 45.0 Å². The zero-order valence-electron chi connectivity index (χ0n) is 12.8. The summed E-state index contributed by atoms with van der Waals surface area (Å²) in [4.78, 5) is 18.6. The Labute approximate surface area is 130 Å². The molecule has 0 saturated carbocycles. The van der Waals surface area contributed by atoms with Crippen LogP contribution in [0.25, 0.3) is 0 Å². The molecule has 3 rings (SSSR count). The van der Waals surface area contributed by atoms with E-state index in [-0.39, 0.29) is 5.91 Å². The van der Waals surface area contributed by atoms with E-state index in [4.69, 9.17) is 4.74 Å². The summed E-state index contributed by atoms with van der Waals surface area (Å²) in [7, 11) is 0. The first-order chi connectivity index (χ1) is 10.7. The smallest absolute Gasteiger partial charge is 0.236 e. The number of anilines is 1. The van der Waals surface area contributed by atoms with E-state index in [2.05, 4.69) is 9.80 Å². The highest BCUT2D eigenvalue weighted by molar-refractivity contribution is 5.78. The molecule has 22 heavy (non-hydrogen) atoms. The minimum Gasteiger partial charge on any atom is -0.508 e. The first kappa shape index (κ1) is 15.1. The Balaban J connectivity index is 1.47. The Hall–Kier alpha value is -1.79. The first-order valence-electron chi connectivity index (χ1n) is 7.84. The average Bonchev–Trinajstić information content (AvgIpc) is 2.57. The standard InChI is InChI=1S/C16H23N3O3/c20-15-3-1-14(2-4-15)18-7-5-17(6-8-18)13-16(21)19-9-11-22-12-10-19/h1-4,20H,5-13H2. The van der Waals surface area contributed by atoms with Gasteiger partial charge >= 0.3 is 0 Å². The van der Waals surface area contributed by atoms with Gasteiger partial charge in [0.05, 0.1) is 19.8 Å². The molecule has 6 nitrogen and oxygen atoms in total. The number of morpholine rings is 1. The fourth-order valence-electron chi connectivity index (χ4n) is 2.93. The van der Waals surface area contributed by atoms with E-state index in [1.165, 1.54) is 0 Å². The minimum atomic E-state index is 0.210. The normalized spacial score (nSPS) is 20.2. The number of ether oxygens (including phenoxy) is 1. The quantitative estimate of drug-likeness (QED) is 0.874. The van der Waals surface area contributed by atoms with E-state index in [9.17, 15) is 9.90 Å². The molecule has 6 heteroatoms. The predicted octanol–water partition coefficient (Wildman–Crippen LogP) is 0.373. The van der Waals surface area contributed by atoms with Crippen molar-refractivity contribution in [1.29, 1.82) is 0 Å². The molecule has 1 amide bonds. The predicted molar refractivity (Wildman–Crippen MR) is 84.2 cm³/mol. The number of nitrogens with zero attached hydrogens (tertiary/aromatic N) is 3. The van der Waals surface area contributed by atoms with Gasteiger partial charge in [-0.15, -0.1) is 0 Å². The molecular formula is C16H23N3O3. The molecule has 0 bridgehead atoms. The second-order valence-corrected chi connectivity index (χ2v) is 5.77. The summed E-state index contributed by atoms with van der Waals surface area (Å²) in [6.07, 6.45) is 0. The second-order valence-electron chi connectivity index (χ2n) is 5.77. The zero-order chi connectivity index (χ0) is 15.4. The molecule has 2 aliphatic rings. The van der Waals surface area contributed by atoms with E-state index in [0.717, 1.165) is 31.9 Å². The molecule has 0 aliphatic carbocycles. The van der Waals surface area contributed by atoms with Crippen molar-refractivity contribution < 1.29 is 14.6 Å². The van der Waals surface area contributed by atoms with Crippen LogP contribution in [-0.4, -0.2) is 79.8 Å². The molecule has 2 saturated heterocycles. The van der Waals surface area contributed by atoms with Gasteiger partial charge in [0.1, 0.15) is 5.75 Å². The zero-order valence-corrected chi connectivity index (χ0v) is 12.8. The summed E-state index contributed by atoms with van der Waals surface area (Å²) >= 11 is 0. The van der Waals surface area contributed by atoms with Crippen LogP contribution in [0.4, 0.5) is 5.69 Å². The van der Waals surface area contributed by atoms with Gasteiger partial charge in [-0.3, -0.25) is 9.69 Å². The van der Waals surface area contributed by atoms with Crippen LogP contribution in [0, 0.1) is 0 Å². The van der Waals surface area contributed by atoms with Crippen molar-refractivity contribution in [3.63, 3.8) is 0 Å². The molecule has 1 N–H and O–H groups in total. The topological polar surface area (TPSA) is 56.2 Å². The van der Waals surface area contributed by atoms with Gasteiger partial charge in [-0.25, -0.2) is 0 Å².